The van der Waals surface area contributed by atoms with Gasteiger partial charge in [0, 0.05) is 26.0 Å². The minimum Gasteiger partial charge on any atom is -0.494 e. The third-order valence-electron chi connectivity index (χ3n) is 5.05. The average molecular weight is 438 g/mol. The van der Waals surface area contributed by atoms with E-state index in [4.69, 9.17) is 27.4 Å². The number of aryl methyl sites for hydroxylation is 1. The summed E-state index contributed by atoms with van der Waals surface area (Å²) >= 11 is 5.65. The van der Waals surface area contributed by atoms with Crippen molar-refractivity contribution in [2.45, 2.75) is 51.5 Å². The maximum Gasteiger partial charge on any atom is 0.217 e. The molecule has 0 aliphatic carbocycles. The minimum absolute atomic E-state index is 0.0988. The first-order valence-corrected chi connectivity index (χ1v) is 10.4. The molecule has 1 amide bonds. The summed E-state index contributed by atoms with van der Waals surface area (Å²) in [6.07, 6.45) is 2.74. The standard InChI is InChI=1S/C20H28FN5O3S/c1-24(11-14-5-6-17(28-2)16(21)10-14)13-26-20(30)25(12-15-4-3-9-29-15)19(23-26)8-7-18(22)27/h5-6,10,15H,3-4,7-9,11-13H2,1-2H3,(H2,22,27). The molecule has 2 aromatic rings. The molecule has 8 nitrogen and oxygen atoms in total. The lowest BCUT2D eigenvalue weighted by atomic mass is 10.2. The predicted octanol–water partition coefficient (Wildman–Crippen LogP) is 2.25. The smallest absolute Gasteiger partial charge is 0.217 e. The van der Waals surface area contributed by atoms with Crippen LogP contribution in [0.25, 0.3) is 0 Å². The zero-order valence-corrected chi connectivity index (χ0v) is 18.2. The number of halogens is 1. The van der Waals surface area contributed by atoms with Gasteiger partial charge in [0.1, 0.15) is 5.82 Å². The molecule has 1 aromatic carbocycles. The third kappa shape index (κ3) is 5.65. The highest BCUT2D eigenvalue weighted by Crippen LogP contribution is 2.19. The Morgan fingerprint density at radius 2 is 2.30 bits per heavy atom. The van der Waals surface area contributed by atoms with Gasteiger partial charge in [-0.15, -0.1) is 0 Å². The van der Waals surface area contributed by atoms with E-state index in [0.29, 0.717) is 31.0 Å². The number of primary amides is 1. The van der Waals surface area contributed by atoms with Gasteiger partial charge in [0.05, 0.1) is 26.4 Å². The highest BCUT2D eigenvalue weighted by Gasteiger charge is 2.20. The number of nitrogens with zero attached hydrogens (tertiary/aromatic N) is 4. The van der Waals surface area contributed by atoms with Crippen LogP contribution < -0.4 is 10.5 Å². The lowest BCUT2D eigenvalue weighted by Gasteiger charge is -2.17. The van der Waals surface area contributed by atoms with E-state index < -0.39 is 5.82 Å². The van der Waals surface area contributed by atoms with Crippen LogP contribution in [0.3, 0.4) is 0 Å². The summed E-state index contributed by atoms with van der Waals surface area (Å²) in [5.41, 5.74) is 6.13. The molecular formula is C20H28FN5O3S. The van der Waals surface area contributed by atoms with E-state index in [1.54, 1.807) is 10.7 Å². The van der Waals surface area contributed by atoms with Gasteiger partial charge in [0.25, 0.3) is 0 Å². The molecule has 1 aliphatic heterocycles. The topological polar surface area (TPSA) is 87.5 Å². The van der Waals surface area contributed by atoms with Crippen molar-refractivity contribution in [3.8, 4) is 5.75 Å². The van der Waals surface area contributed by atoms with Crippen molar-refractivity contribution in [3.05, 3.63) is 40.2 Å². The highest BCUT2D eigenvalue weighted by atomic mass is 32.1. The van der Waals surface area contributed by atoms with Gasteiger partial charge in [0.2, 0.25) is 5.91 Å². The fraction of sp³-hybridized carbons (Fsp3) is 0.550. The number of nitrogens with two attached hydrogens (primary N) is 1. The van der Waals surface area contributed by atoms with Crippen molar-refractivity contribution < 1.29 is 18.7 Å². The van der Waals surface area contributed by atoms with Crippen LogP contribution in [0.15, 0.2) is 18.2 Å². The van der Waals surface area contributed by atoms with E-state index in [1.807, 2.05) is 22.6 Å². The normalized spacial score (nSPS) is 16.3. The number of carbonyl (C=O) groups excluding carboxylic acids is 1. The molecular weight excluding hydrogens is 409 g/mol. The van der Waals surface area contributed by atoms with Crippen molar-refractivity contribution in [3.63, 3.8) is 0 Å². The number of rotatable bonds is 10. The summed E-state index contributed by atoms with van der Waals surface area (Å²) in [5, 5.41) is 4.63. The summed E-state index contributed by atoms with van der Waals surface area (Å²) in [6.45, 7) is 2.30. The van der Waals surface area contributed by atoms with Crippen molar-refractivity contribution in [1.82, 2.24) is 19.2 Å². The zero-order valence-electron chi connectivity index (χ0n) is 17.3. The zero-order chi connectivity index (χ0) is 21.7. The predicted molar refractivity (Wildman–Crippen MR) is 112 cm³/mol. The molecule has 2 N–H and O–H groups in total. The van der Waals surface area contributed by atoms with Crippen LogP contribution in [0.4, 0.5) is 4.39 Å². The van der Waals surface area contributed by atoms with Gasteiger partial charge < -0.3 is 19.8 Å². The molecule has 1 saturated heterocycles. The van der Waals surface area contributed by atoms with E-state index in [0.717, 1.165) is 30.8 Å². The molecule has 0 radical (unpaired) electrons. The molecule has 0 saturated carbocycles. The van der Waals surface area contributed by atoms with E-state index in [-0.39, 0.29) is 24.2 Å². The van der Waals surface area contributed by atoms with Gasteiger partial charge in [-0.05, 0) is 49.8 Å². The van der Waals surface area contributed by atoms with Crippen LogP contribution in [-0.4, -0.2) is 52.0 Å². The Morgan fingerprint density at radius 1 is 1.50 bits per heavy atom. The largest absolute Gasteiger partial charge is 0.494 e. The molecule has 1 atom stereocenters. The summed E-state index contributed by atoms with van der Waals surface area (Å²) in [5.74, 6) is 0.168. The van der Waals surface area contributed by atoms with Gasteiger partial charge in [-0.1, -0.05) is 6.07 Å². The van der Waals surface area contributed by atoms with Crippen LogP contribution in [0.2, 0.25) is 0 Å². The van der Waals surface area contributed by atoms with Crippen LogP contribution >= 0.6 is 12.2 Å². The maximum atomic E-state index is 14.0. The molecule has 3 rings (SSSR count). The summed E-state index contributed by atoms with van der Waals surface area (Å²) < 4.78 is 28.9. The van der Waals surface area contributed by atoms with Gasteiger partial charge in [-0.25, -0.2) is 9.07 Å². The van der Waals surface area contributed by atoms with Crippen LogP contribution in [0, 0.1) is 10.6 Å². The molecule has 1 unspecified atom stereocenters. The lowest BCUT2D eigenvalue weighted by molar-refractivity contribution is -0.118. The highest BCUT2D eigenvalue weighted by molar-refractivity contribution is 7.71. The number of amides is 1. The second-order valence-electron chi connectivity index (χ2n) is 7.53. The summed E-state index contributed by atoms with van der Waals surface area (Å²) in [6, 6.07) is 4.90. The van der Waals surface area contributed by atoms with Crippen LogP contribution in [-0.2, 0) is 35.7 Å². The molecule has 10 heteroatoms. The number of methoxy groups -OCH3 is 1. The first kappa shape index (κ1) is 22.4. The first-order chi connectivity index (χ1) is 14.4. The Bertz CT molecular complexity index is 939. The quantitative estimate of drug-likeness (QED) is 0.574. The number of benzene rings is 1. The molecule has 1 aromatic heterocycles. The number of hydrogen-bond acceptors (Lipinski definition) is 6. The monoisotopic (exact) mass is 437 g/mol. The Balaban J connectivity index is 1.74. The van der Waals surface area contributed by atoms with E-state index >= 15 is 0 Å². The van der Waals surface area contributed by atoms with Crippen molar-refractivity contribution in [2.24, 2.45) is 5.73 Å². The van der Waals surface area contributed by atoms with Crippen LogP contribution in [0.1, 0.15) is 30.7 Å². The minimum atomic E-state index is -0.394. The van der Waals surface area contributed by atoms with Gasteiger partial charge in [-0.2, -0.15) is 5.10 Å². The SMILES string of the molecule is COc1ccc(CN(C)Cn2nc(CCC(N)=O)n(CC3CCCO3)c2=S)cc1F. The lowest BCUT2D eigenvalue weighted by Crippen LogP contribution is -2.23. The third-order valence-corrected chi connectivity index (χ3v) is 5.48. The van der Waals surface area contributed by atoms with Gasteiger partial charge >= 0.3 is 0 Å². The summed E-state index contributed by atoms with van der Waals surface area (Å²) in [7, 11) is 3.35. The molecule has 30 heavy (non-hydrogen) atoms. The van der Waals surface area contributed by atoms with E-state index in [1.165, 1.54) is 13.2 Å². The van der Waals surface area contributed by atoms with Crippen molar-refractivity contribution in [1.29, 1.82) is 0 Å². The molecule has 164 valence electrons. The van der Waals surface area contributed by atoms with E-state index in [2.05, 4.69) is 5.10 Å². The summed E-state index contributed by atoms with van der Waals surface area (Å²) in [4.78, 5) is 13.2. The second-order valence-corrected chi connectivity index (χ2v) is 7.90. The molecule has 0 bridgehead atoms. The number of ether oxygens (including phenoxy) is 2. The number of aromatic nitrogens is 3. The second kappa shape index (κ2) is 10.1. The first-order valence-electron chi connectivity index (χ1n) is 9.94. The van der Waals surface area contributed by atoms with Crippen LogP contribution in [0.5, 0.6) is 5.75 Å². The fourth-order valence-electron chi connectivity index (χ4n) is 3.57. The fourth-order valence-corrected chi connectivity index (χ4v) is 3.85. The van der Waals surface area contributed by atoms with Gasteiger partial charge in [-0.3, -0.25) is 9.69 Å². The molecule has 1 aliphatic rings. The molecule has 2 heterocycles. The Kier molecular flexibility index (Phi) is 7.57. The molecule has 1 fully saturated rings. The molecule has 0 spiro atoms. The van der Waals surface area contributed by atoms with Crippen molar-refractivity contribution in [2.75, 3.05) is 20.8 Å². The Hall–Kier alpha value is -2.30. The Morgan fingerprint density at radius 3 is 2.93 bits per heavy atom. The number of carbonyl (C=O) groups is 1. The van der Waals surface area contributed by atoms with Crippen molar-refractivity contribution >= 4 is 18.1 Å². The number of hydrogen-bond donors (Lipinski definition) is 1. The van der Waals surface area contributed by atoms with E-state index in [9.17, 15) is 9.18 Å². The average Bonchev–Trinajstić information content (AvgIpc) is 3.30. The maximum absolute atomic E-state index is 14.0. The Labute approximate surface area is 180 Å². The van der Waals surface area contributed by atoms with Gasteiger partial charge in [0.15, 0.2) is 16.3 Å².